The number of amides is 1. The van der Waals surface area contributed by atoms with Gasteiger partial charge in [0.25, 0.3) is 0 Å². The summed E-state index contributed by atoms with van der Waals surface area (Å²) in [6.45, 7) is 3.03. The molecule has 2 aliphatic rings. The number of rotatable bonds is 6. The topological polar surface area (TPSA) is 79.2 Å². The second-order valence-corrected chi connectivity index (χ2v) is 6.87. The van der Waals surface area contributed by atoms with Crippen LogP contribution in [0.1, 0.15) is 12.8 Å². The van der Waals surface area contributed by atoms with E-state index in [9.17, 15) is 19.3 Å². The molecule has 0 aliphatic carbocycles. The summed E-state index contributed by atoms with van der Waals surface area (Å²) in [5.41, 5.74) is 0.862. The van der Waals surface area contributed by atoms with Gasteiger partial charge in [-0.3, -0.25) is 19.8 Å². The van der Waals surface area contributed by atoms with Crippen LogP contribution in [-0.2, 0) is 4.79 Å². The fourth-order valence-electron chi connectivity index (χ4n) is 3.88. The molecular formula is C18H25FN4O4. The molecule has 0 radical (unpaired) electrons. The van der Waals surface area contributed by atoms with Crippen molar-refractivity contribution in [2.45, 2.75) is 18.9 Å². The Bertz CT molecular complexity index is 694. The molecule has 1 aromatic carbocycles. The van der Waals surface area contributed by atoms with Gasteiger partial charge in [0.2, 0.25) is 5.91 Å². The third kappa shape index (κ3) is 4.29. The van der Waals surface area contributed by atoms with Crippen molar-refractivity contribution in [3.63, 3.8) is 0 Å². The van der Waals surface area contributed by atoms with Gasteiger partial charge < -0.3 is 14.5 Å². The minimum Gasteiger partial charge on any atom is -0.490 e. The maximum atomic E-state index is 12.5. The number of hydrogen-bond donors (Lipinski definition) is 0. The van der Waals surface area contributed by atoms with Crippen LogP contribution in [0.3, 0.4) is 0 Å². The maximum Gasteiger partial charge on any atom is 0.311 e. The van der Waals surface area contributed by atoms with Gasteiger partial charge in [-0.05, 0) is 18.9 Å². The Morgan fingerprint density at radius 1 is 1.26 bits per heavy atom. The quantitative estimate of drug-likeness (QED) is 0.552. The standard InChI is InChI=1S/C18H25FN4O4/c1-27-17-12-15(2-3-16(17)23(25)26)20-7-4-14(5-8-20)22-11-10-21(9-6-19)18(24)13-22/h2-3,12,14H,4-11,13H2,1H3. The van der Waals surface area contributed by atoms with E-state index in [1.54, 1.807) is 17.0 Å². The molecule has 2 heterocycles. The molecule has 2 saturated heterocycles. The van der Waals surface area contributed by atoms with Crippen molar-refractivity contribution in [2.75, 3.05) is 58.0 Å². The molecule has 9 heteroatoms. The fraction of sp³-hybridized carbons (Fsp3) is 0.611. The molecule has 27 heavy (non-hydrogen) atoms. The monoisotopic (exact) mass is 380 g/mol. The van der Waals surface area contributed by atoms with Crippen molar-refractivity contribution in [1.82, 2.24) is 9.80 Å². The molecule has 0 spiro atoms. The Morgan fingerprint density at radius 3 is 2.59 bits per heavy atom. The van der Waals surface area contributed by atoms with Crippen molar-refractivity contribution >= 4 is 17.3 Å². The summed E-state index contributed by atoms with van der Waals surface area (Å²) in [5.74, 6) is 0.260. The number of carbonyl (C=O) groups is 1. The van der Waals surface area contributed by atoms with Gasteiger partial charge in [0.1, 0.15) is 6.67 Å². The van der Waals surface area contributed by atoms with Crippen molar-refractivity contribution in [3.8, 4) is 5.75 Å². The lowest BCUT2D eigenvalue weighted by Gasteiger charge is -2.42. The second kappa shape index (κ2) is 8.51. The van der Waals surface area contributed by atoms with E-state index in [2.05, 4.69) is 9.80 Å². The van der Waals surface area contributed by atoms with Gasteiger partial charge >= 0.3 is 5.69 Å². The molecule has 1 amide bonds. The first-order chi connectivity index (χ1) is 13.0. The largest absolute Gasteiger partial charge is 0.490 e. The van der Waals surface area contributed by atoms with Gasteiger partial charge in [-0.1, -0.05) is 0 Å². The number of nitro benzene ring substituents is 1. The molecular weight excluding hydrogens is 355 g/mol. The Morgan fingerprint density at radius 2 is 2.00 bits per heavy atom. The summed E-state index contributed by atoms with van der Waals surface area (Å²) in [6.07, 6.45) is 1.82. The van der Waals surface area contributed by atoms with Crippen LogP contribution in [0.4, 0.5) is 15.8 Å². The van der Waals surface area contributed by atoms with Crippen molar-refractivity contribution < 1.29 is 18.8 Å². The molecule has 2 fully saturated rings. The number of nitro groups is 1. The van der Waals surface area contributed by atoms with E-state index in [-0.39, 0.29) is 23.9 Å². The number of alkyl halides is 1. The number of halogens is 1. The smallest absolute Gasteiger partial charge is 0.311 e. The predicted octanol–water partition coefficient (Wildman–Crippen LogP) is 1.69. The van der Waals surface area contributed by atoms with Crippen LogP contribution in [0.15, 0.2) is 18.2 Å². The number of methoxy groups -OCH3 is 1. The van der Waals surface area contributed by atoms with Crippen LogP contribution in [0.5, 0.6) is 5.75 Å². The Labute approximate surface area is 157 Å². The Hall–Kier alpha value is -2.42. The van der Waals surface area contributed by atoms with Crippen LogP contribution in [0.2, 0.25) is 0 Å². The lowest BCUT2D eigenvalue weighted by atomic mass is 10.0. The maximum absolute atomic E-state index is 12.5. The molecule has 3 rings (SSSR count). The Balaban J connectivity index is 1.58. The van der Waals surface area contributed by atoms with E-state index >= 15 is 0 Å². The van der Waals surface area contributed by atoms with E-state index in [4.69, 9.17) is 4.74 Å². The zero-order valence-electron chi connectivity index (χ0n) is 15.5. The molecule has 2 aliphatic heterocycles. The first-order valence-corrected chi connectivity index (χ1v) is 9.18. The minimum absolute atomic E-state index is 0.00133. The van der Waals surface area contributed by atoms with Crippen LogP contribution in [0, 0.1) is 10.1 Å². The van der Waals surface area contributed by atoms with Crippen molar-refractivity contribution in [1.29, 1.82) is 0 Å². The van der Waals surface area contributed by atoms with E-state index < -0.39 is 11.6 Å². The van der Waals surface area contributed by atoms with Crippen LogP contribution < -0.4 is 9.64 Å². The zero-order valence-corrected chi connectivity index (χ0v) is 15.5. The predicted molar refractivity (Wildman–Crippen MR) is 99.0 cm³/mol. The number of piperazine rings is 1. The number of anilines is 1. The van der Waals surface area contributed by atoms with Crippen LogP contribution >= 0.6 is 0 Å². The van der Waals surface area contributed by atoms with E-state index in [0.29, 0.717) is 19.1 Å². The average molecular weight is 380 g/mol. The highest BCUT2D eigenvalue weighted by molar-refractivity contribution is 5.79. The number of piperidine rings is 1. The van der Waals surface area contributed by atoms with Crippen LogP contribution in [-0.4, -0.2) is 79.7 Å². The summed E-state index contributed by atoms with van der Waals surface area (Å²) in [6, 6.07) is 5.26. The number of carbonyl (C=O) groups excluding carboxylic acids is 1. The summed E-state index contributed by atoms with van der Waals surface area (Å²) in [7, 11) is 1.43. The van der Waals surface area contributed by atoms with E-state index in [0.717, 1.165) is 38.2 Å². The van der Waals surface area contributed by atoms with Crippen molar-refractivity contribution in [3.05, 3.63) is 28.3 Å². The number of benzene rings is 1. The average Bonchev–Trinajstić information content (AvgIpc) is 2.69. The molecule has 148 valence electrons. The molecule has 0 aromatic heterocycles. The van der Waals surface area contributed by atoms with Gasteiger partial charge in [-0.15, -0.1) is 0 Å². The summed E-state index contributed by atoms with van der Waals surface area (Å²) in [4.78, 5) is 28.7. The van der Waals surface area contributed by atoms with Gasteiger partial charge in [-0.25, -0.2) is 4.39 Å². The molecule has 8 nitrogen and oxygen atoms in total. The molecule has 0 N–H and O–H groups in total. The van der Waals surface area contributed by atoms with Crippen molar-refractivity contribution in [2.24, 2.45) is 0 Å². The highest BCUT2D eigenvalue weighted by atomic mass is 19.1. The third-order valence-electron chi connectivity index (χ3n) is 5.41. The summed E-state index contributed by atoms with van der Waals surface area (Å²) in [5, 5.41) is 11.0. The Kier molecular flexibility index (Phi) is 6.10. The number of hydrogen-bond acceptors (Lipinski definition) is 6. The number of nitrogens with zero attached hydrogens (tertiary/aromatic N) is 4. The normalized spacial score (nSPS) is 19.4. The second-order valence-electron chi connectivity index (χ2n) is 6.87. The summed E-state index contributed by atoms with van der Waals surface area (Å²) >= 11 is 0. The van der Waals surface area contributed by atoms with Gasteiger partial charge in [0, 0.05) is 56.6 Å². The van der Waals surface area contributed by atoms with E-state index in [1.807, 2.05) is 0 Å². The first-order valence-electron chi connectivity index (χ1n) is 9.18. The SMILES string of the molecule is COc1cc(N2CCC(N3CCN(CCF)C(=O)C3)CC2)ccc1[N+](=O)[O-]. The lowest BCUT2D eigenvalue weighted by Crippen LogP contribution is -2.56. The zero-order chi connectivity index (χ0) is 19.4. The highest BCUT2D eigenvalue weighted by Crippen LogP contribution is 2.33. The molecule has 0 saturated carbocycles. The fourth-order valence-corrected chi connectivity index (χ4v) is 3.88. The minimum atomic E-state index is -0.497. The van der Waals surface area contributed by atoms with Gasteiger partial charge in [0.15, 0.2) is 5.75 Å². The highest BCUT2D eigenvalue weighted by Gasteiger charge is 2.31. The molecule has 0 bridgehead atoms. The van der Waals surface area contributed by atoms with Crippen LogP contribution in [0.25, 0.3) is 0 Å². The molecule has 0 atom stereocenters. The molecule has 1 aromatic rings. The first kappa shape index (κ1) is 19.3. The third-order valence-corrected chi connectivity index (χ3v) is 5.41. The summed E-state index contributed by atoms with van der Waals surface area (Å²) < 4.78 is 17.6. The lowest BCUT2D eigenvalue weighted by molar-refractivity contribution is -0.385. The van der Waals surface area contributed by atoms with Gasteiger partial charge in [0.05, 0.1) is 18.6 Å². The van der Waals surface area contributed by atoms with Gasteiger partial charge in [-0.2, -0.15) is 0 Å². The van der Waals surface area contributed by atoms with E-state index in [1.165, 1.54) is 13.2 Å². The number of ether oxygens (including phenoxy) is 1. The molecule has 0 unspecified atom stereocenters.